The van der Waals surface area contributed by atoms with Gasteiger partial charge in [-0.15, -0.1) is 5.10 Å². The average molecular weight is 165 g/mol. The van der Waals surface area contributed by atoms with Crippen LogP contribution < -0.4 is 0 Å². The average Bonchev–Trinajstić information content (AvgIpc) is 2.74. The van der Waals surface area contributed by atoms with Crippen LogP contribution in [0.25, 0.3) is 0 Å². The summed E-state index contributed by atoms with van der Waals surface area (Å²) < 4.78 is 1.65. The highest BCUT2D eigenvalue weighted by Gasteiger charge is 1.97. The van der Waals surface area contributed by atoms with Crippen LogP contribution in [0.4, 0.5) is 0 Å². The van der Waals surface area contributed by atoms with Crippen LogP contribution in [-0.4, -0.2) is 35.6 Å². The van der Waals surface area contributed by atoms with E-state index in [0.717, 1.165) is 18.7 Å². The fraction of sp³-hybridized carbons (Fsp3) is 0.400. The zero-order valence-electron chi connectivity index (χ0n) is 6.25. The number of aromatic amines is 1. The fourth-order valence-electron chi connectivity index (χ4n) is 0.858. The van der Waals surface area contributed by atoms with Crippen molar-refractivity contribution in [2.45, 2.75) is 13.0 Å². The Hall–Kier alpha value is -1.79. The Morgan fingerprint density at radius 3 is 3.17 bits per heavy atom. The summed E-state index contributed by atoms with van der Waals surface area (Å²) in [6, 6.07) is 0. The van der Waals surface area contributed by atoms with Gasteiger partial charge < -0.3 is 0 Å². The van der Waals surface area contributed by atoms with Gasteiger partial charge in [-0.05, 0) is 10.4 Å². The van der Waals surface area contributed by atoms with E-state index in [1.54, 1.807) is 17.2 Å². The lowest BCUT2D eigenvalue weighted by molar-refractivity contribution is 0.583. The number of tetrazole rings is 1. The van der Waals surface area contributed by atoms with Gasteiger partial charge in [0.2, 0.25) is 0 Å². The van der Waals surface area contributed by atoms with Gasteiger partial charge in [0, 0.05) is 6.42 Å². The van der Waals surface area contributed by atoms with Crippen LogP contribution in [0.5, 0.6) is 0 Å². The third-order valence-corrected chi connectivity index (χ3v) is 1.45. The molecular formula is C5H7N7. The Balaban J connectivity index is 1.91. The van der Waals surface area contributed by atoms with Crippen molar-refractivity contribution < 1.29 is 0 Å². The van der Waals surface area contributed by atoms with E-state index in [0.29, 0.717) is 0 Å². The SMILES string of the molecule is c1n[nH]nc1CCn1cnnn1. The first-order valence-corrected chi connectivity index (χ1v) is 3.50. The molecular weight excluding hydrogens is 158 g/mol. The molecule has 12 heavy (non-hydrogen) atoms. The van der Waals surface area contributed by atoms with Crippen molar-refractivity contribution in [3.8, 4) is 0 Å². The number of H-pyrrole nitrogens is 1. The molecule has 0 atom stereocenters. The number of nitrogens with one attached hydrogen (secondary N) is 1. The van der Waals surface area contributed by atoms with Gasteiger partial charge in [0.25, 0.3) is 0 Å². The molecule has 7 heteroatoms. The molecule has 0 bridgehead atoms. The van der Waals surface area contributed by atoms with Crippen molar-refractivity contribution in [1.29, 1.82) is 0 Å². The second-order valence-corrected chi connectivity index (χ2v) is 2.28. The number of rotatable bonds is 3. The van der Waals surface area contributed by atoms with E-state index in [2.05, 4.69) is 30.9 Å². The minimum atomic E-state index is 0.722. The zero-order valence-corrected chi connectivity index (χ0v) is 6.25. The van der Waals surface area contributed by atoms with Crippen LogP contribution in [0.3, 0.4) is 0 Å². The molecule has 0 unspecified atom stereocenters. The molecule has 7 nitrogen and oxygen atoms in total. The first-order chi connectivity index (χ1) is 5.95. The summed E-state index contributed by atoms with van der Waals surface area (Å²) in [6.45, 7) is 0.722. The molecule has 0 aromatic carbocycles. The van der Waals surface area contributed by atoms with E-state index in [4.69, 9.17) is 0 Å². The van der Waals surface area contributed by atoms with E-state index < -0.39 is 0 Å². The van der Waals surface area contributed by atoms with Gasteiger partial charge in [0.1, 0.15) is 6.33 Å². The van der Waals surface area contributed by atoms with E-state index >= 15 is 0 Å². The van der Waals surface area contributed by atoms with Gasteiger partial charge in [0.05, 0.1) is 18.4 Å². The summed E-state index contributed by atoms with van der Waals surface area (Å²) in [6.07, 6.45) is 4.03. The standard InChI is InChI=1S/C5H7N7/c1(5-3-6-9-8-5)2-12-4-7-10-11-12/h3-4H,1-2H2,(H,6,8,9). The van der Waals surface area contributed by atoms with E-state index in [9.17, 15) is 0 Å². The molecule has 0 aliphatic carbocycles. The molecule has 2 heterocycles. The Bertz CT molecular complexity index is 275. The van der Waals surface area contributed by atoms with E-state index in [1.807, 2.05) is 0 Å². The van der Waals surface area contributed by atoms with Crippen LogP contribution >= 0.6 is 0 Å². The van der Waals surface area contributed by atoms with Crippen LogP contribution in [0, 0.1) is 0 Å². The highest BCUT2D eigenvalue weighted by atomic mass is 15.5. The maximum absolute atomic E-state index is 3.90. The smallest absolute Gasteiger partial charge is 0.138 e. The lowest BCUT2D eigenvalue weighted by atomic mass is 10.3. The Morgan fingerprint density at radius 2 is 2.50 bits per heavy atom. The fourth-order valence-corrected chi connectivity index (χ4v) is 0.858. The second-order valence-electron chi connectivity index (χ2n) is 2.28. The molecule has 0 spiro atoms. The molecule has 2 rings (SSSR count). The van der Waals surface area contributed by atoms with E-state index in [-0.39, 0.29) is 0 Å². The Kier molecular flexibility index (Phi) is 1.77. The first kappa shape index (κ1) is 6.89. The Morgan fingerprint density at radius 1 is 1.50 bits per heavy atom. The molecule has 0 aliphatic rings. The monoisotopic (exact) mass is 165 g/mol. The van der Waals surface area contributed by atoms with Gasteiger partial charge in [-0.3, -0.25) is 0 Å². The van der Waals surface area contributed by atoms with Gasteiger partial charge in [-0.1, -0.05) is 0 Å². The number of aryl methyl sites for hydroxylation is 2. The van der Waals surface area contributed by atoms with E-state index in [1.165, 1.54) is 0 Å². The highest BCUT2D eigenvalue weighted by Crippen LogP contribution is 1.92. The summed E-state index contributed by atoms with van der Waals surface area (Å²) in [7, 11) is 0. The van der Waals surface area contributed by atoms with Gasteiger partial charge in [0.15, 0.2) is 0 Å². The van der Waals surface area contributed by atoms with Gasteiger partial charge >= 0.3 is 0 Å². The summed E-state index contributed by atoms with van der Waals surface area (Å²) in [5.74, 6) is 0. The second kappa shape index (κ2) is 3.07. The third kappa shape index (κ3) is 1.44. The summed E-state index contributed by atoms with van der Waals surface area (Å²) in [5.41, 5.74) is 0.908. The minimum Gasteiger partial charge on any atom is -0.232 e. The third-order valence-electron chi connectivity index (χ3n) is 1.45. The molecule has 0 amide bonds. The van der Waals surface area contributed by atoms with Crippen LogP contribution in [0.15, 0.2) is 12.5 Å². The molecule has 62 valence electrons. The first-order valence-electron chi connectivity index (χ1n) is 3.50. The molecule has 0 saturated carbocycles. The normalized spacial score (nSPS) is 10.3. The van der Waals surface area contributed by atoms with Crippen LogP contribution in [0.1, 0.15) is 5.69 Å². The van der Waals surface area contributed by atoms with Gasteiger partial charge in [-0.2, -0.15) is 15.4 Å². The topological polar surface area (TPSA) is 85.2 Å². The maximum atomic E-state index is 3.90. The van der Waals surface area contributed by atoms with Crippen molar-refractivity contribution in [1.82, 2.24) is 35.6 Å². The van der Waals surface area contributed by atoms with Crippen molar-refractivity contribution in [3.05, 3.63) is 18.2 Å². The number of hydrogen-bond acceptors (Lipinski definition) is 5. The molecule has 0 aliphatic heterocycles. The maximum Gasteiger partial charge on any atom is 0.138 e. The molecule has 1 N–H and O–H groups in total. The lowest BCUT2D eigenvalue weighted by Gasteiger charge is -1.93. The number of nitrogens with zero attached hydrogens (tertiary/aromatic N) is 6. The molecule has 0 radical (unpaired) electrons. The number of aromatic nitrogens is 7. The predicted molar refractivity (Wildman–Crippen MR) is 37.9 cm³/mol. The lowest BCUT2D eigenvalue weighted by Crippen LogP contribution is -2.02. The van der Waals surface area contributed by atoms with Crippen molar-refractivity contribution >= 4 is 0 Å². The number of hydrogen-bond donors (Lipinski definition) is 1. The molecule has 0 fully saturated rings. The molecule has 2 aromatic rings. The quantitative estimate of drug-likeness (QED) is 0.632. The van der Waals surface area contributed by atoms with Gasteiger partial charge in [-0.25, -0.2) is 4.68 Å². The van der Waals surface area contributed by atoms with Crippen LogP contribution in [-0.2, 0) is 13.0 Å². The Labute approximate surface area is 67.8 Å². The summed E-state index contributed by atoms with van der Waals surface area (Å²) in [4.78, 5) is 0. The molecule has 2 aromatic heterocycles. The largest absolute Gasteiger partial charge is 0.232 e. The predicted octanol–water partition coefficient (Wildman–Crippen LogP) is -0.966. The van der Waals surface area contributed by atoms with Crippen molar-refractivity contribution in [2.24, 2.45) is 0 Å². The molecule has 0 saturated heterocycles. The van der Waals surface area contributed by atoms with Crippen molar-refractivity contribution in [3.63, 3.8) is 0 Å². The minimum absolute atomic E-state index is 0.722. The van der Waals surface area contributed by atoms with Crippen LogP contribution in [0.2, 0.25) is 0 Å². The highest BCUT2D eigenvalue weighted by molar-refractivity contribution is 4.89. The summed E-state index contributed by atoms with van der Waals surface area (Å²) >= 11 is 0. The summed E-state index contributed by atoms with van der Waals surface area (Å²) in [5, 5.41) is 20.9. The zero-order chi connectivity index (χ0) is 8.23. The van der Waals surface area contributed by atoms with Crippen molar-refractivity contribution in [2.75, 3.05) is 0 Å².